The molecule has 0 unspecified atom stereocenters. The van der Waals surface area contributed by atoms with E-state index in [0.29, 0.717) is 4.90 Å². The van der Waals surface area contributed by atoms with E-state index in [1.165, 1.54) is 0 Å². The Balaban J connectivity index is 2.35. The first kappa shape index (κ1) is 13.4. The minimum atomic E-state index is -3.40. The third-order valence-corrected chi connectivity index (χ3v) is 5.29. The molecule has 1 saturated carbocycles. The molecule has 1 N–H and O–H groups in total. The second-order valence-electron chi connectivity index (χ2n) is 4.77. The molecule has 1 aliphatic rings. The number of benzene rings is 1. The summed E-state index contributed by atoms with van der Waals surface area (Å²) in [6, 6.07) is 3.43. The first-order valence-electron chi connectivity index (χ1n) is 6.12. The average molecular weight is 269 g/mol. The van der Waals surface area contributed by atoms with Gasteiger partial charge in [-0.3, -0.25) is 0 Å². The van der Waals surface area contributed by atoms with Crippen molar-refractivity contribution in [1.82, 2.24) is 4.72 Å². The van der Waals surface area contributed by atoms with Crippen LogP contribution in [0.5, 0.6) is 5.75 Å². The Labute approximate surface area is 108 Å². The van der Waals surface area contributed by atoms with E-state index < -0.39 is 10.0 Å². The molecule has 100 valence electrons. The van der Waals surface area contributed by atoms with Gasteiger partial charge in [0.2, 0.25) is 10.0 Å². The Morgan fingerprint density at radius 1 is 1.22 bits per heavy atom. The first-order valence-corrected chi connectivity index (χ1v) is 7.60. The van der Waals surface area contributed by atoms with Crippen LogP contribution in [0.2, 0.25) is 0 Å². The third-order valence-electron chi connectivity index (χ3n) is 3.62. The van der Waals surface area contributed by atoms with Crippen LogP contribution in [-0.2, 0) is 10.0 Å². The summed E-state index contributed by atoms with van der Waals surface area (Å²) < 4.78 is 32.4. The van der Waals surface area contributed by atoms with Crippen molar-refractivity contribution in [2.45, 2.75) is 44.0 Å². The van der Waals surface area contributed by atoms with E-state index in [-0.39, 0.29) is 6.04 Å². The highest BCUT2D eigenvalue weighted by Gasteiger charge is 2.26. The Kier molecular flexibility index (Phi) is 3.64. The van der Waals surface area contributed by atoms with Crippen molar-refractivity contribution in [2.75, 3.05) is 7.11 Å². The monoisotopic (exact) mass is 269 g/mol. The smallest absolute Gasteiger partial charge is 0.241 e. The quantitative estimate of drug-likeness (QED) is 0.911. The Hall–Kier alpha value is -1.07. The second-order valence-corrected chi connectivity index (χ2v) is 6.45. The molecule has 0 bridgehead atoms. The van der Waals surface area contributed by atoms with Crippen LogP contribution in [0.1, 0.15) is 30.4 Å². The van der Waals surface area contributed by atoms with Crippen LogP contribution >= 0.6 is 0 Å². The van der Waals surface area contributed by atoms with Gasteiger partial charge in [0.1, 0.15) is 5.75 Å². The van der Waals surface area contributed by atoms with Crippen LogP contribution in [0.25, 0.3) is 0 Å². The van der Waals surface area contributed by atoms with Crippen molar-refractivity contribution in [3.05, 3.63) is 23.3 Å². The zero-order valence-electron chi connectivity index (χ0n) is 11.0. The van der Waals surface area contributed by atoms with Crippen molar-refractivity contribution < 1.29 is 13.2 Å². The van der Waals surface area contributed by atoms with Crippen LogP contribution in [0.15, 0.2) is 17.0 Å². The maximum absolute atomic E-state index is 12.3. The van der Waals surface area contributed by atoms with Gasteiger partial charge in [-0.2, -0.15) is 0 Å². The van der Waals surface area contributed by atoms with E-state index in [1.807, 2.05) is 13.8 Å². The standard InChI is InChI=1S/C13H19NO3S/c1-9-10(2)13(8-7-12(9)17-3)18(15,16)14-11-5-4-6-11/h7-8,11,14H,4-6H2,1-3H3. The lowest BCUT2D eigenvalue weighted by Gasteiger charge is -2.26. The van der Waals surface area contributed by atoms with Gasteiger partial charge in [-0.05, 0) is 49.9 Å². The normalized spacial score (nSPS) is 16.4. The van der Waals surface area contributed by atoms with Crippen LogP contribution in [0.4, 0.5) is 0 Å². The van der Waals surface area contributed by atoms with Crippen LogP contribution in [0, 0.1) is 13.8 Å². The molecule has 0 amide bonds. The fourth-order valence-corrected chi connectivity index (χ4v) is 3.70. The Morgan fingerprint density at radius 2 is 1.89 bits per heavy atom. The van der Waals surface area contributed by atoms with E-state index in [4.69, 9.17) is 4.74 Å². The topological polar surface area (TPSA) is 55.4 Å². The van der Waals surface area contributed by atoms with Crippen molar-refractivity contribution in [2.24, 2.45) is 0 Å². The van der Waals surface area contributed by atoms with Gasteiger partial charge in [0.15, 0.2) is 0 Å². The lowest BCUT2D eigenvalue weighted by Crippen LogP contribution is -2.39. The number of nitrogens with one attached hydrogen (secondary N) is 1. The predicted octanol–water partition coefficient (Wildman–Crippen LogP) is 2.14. The number of methoxy groups -OCH3 is 1. The summed E-state index contributed by atoms with van der Waals surface area (Å²) in [5, 5.41) is 0. The molecule has 5 heteroatoms. The first-order chi connectivity index (χ1) is 8.45. The molecule has 18 heavy (non-hydrogen) atoms. The van der Waals surface area contributed by atoms with E-state index in [1.54, 1.807) is 19.2 Å². The number of ether oxygens (including phenoxy) is 1. The minimum absolute atomic E-state index is 0.108. The van der Waals surface area contributed by atoms with Gasteiger partial charge in [0, 0.05) is 6.04 Å². The van der Waals surface area contributed by atoms with E-state index in [0.717, 1.165) is 36.1 Å². The largest absolute Gasteiger partial charge is 0.496 e. The fraction of sp³-hybridized carbons (Fsp3) is 0.538. The zero-order valence-corrected chi connectivity index (χ0v) is 11.8. The van der Waals surface area contributed by atoms with Gasteiger partial charge in [-0.15, -0.1) is 0 Å². The maximum Gasteiger partial charge on any atom is 0.241 e. The molecule has 2 rings (SSSR count). The molecule has 0 radical (unpaired) electrons. The molecule has 0 heterocycles. The van der Waals surface area contributed by atoms with Gasteiger partial charge < -0.3 is 4.74 Å². The molecule has 1 aromatic rings. The van der Waals surface area contributed by atoms with Gasteiger partial charge in [-0.1, -0.05) is 6.42 Å². The molecule has 0 aliphatic heterocycles. The van der Waals surface area contributed by atoms with Gasteiger partial charge in [0.05, 0.1) is 12.0 Å². The zero-order chi connectivity index (χ0) is 13.3. The molecule has 0 saturated heterocycles. The highest BCUT2D eigenvalue weighted by atomic mass is 32.2. The van der Waals surface area contributed by atoms with Crippen molar-refractivity contribution in [3.63, 3.8) is 0 Å². The lowest BCUT2D eigenvalue weighted by atomic mass is 9.94. The van der Waals surface area contributed by atoms with Crippen LogP contribution in [0.3, 0.4) is 0 Å². The Bertz CT molecular complexity index is 548. The summed E-state index contributed by atoms with van der Waals surface area (Å²) in [5.74, 6) is 0.718. The third kappa shape index (κ3) is 2.37. The van der Waals surface area contributed by atoms with Gasteiger partial charge in [-0.25, -0.2) is 13.1 Å². The molecule has 4 nitrogen and oxygen atoms in total. The summed E-state index contributed by atoms with van der Waals surface area (Å²) in [6.45, 7) is 3.68. The summed E-state index contributed by atoms with van der Waals surface area (Å²) >= 11 is 0. The number of rotatable bonds is 4. The van der Waals surface area contributed by atoms with Crippen LogP contribution < -0.4 is 9.46 Å². The molecule has 0 spiro atoms. The van der Waals surface area contributed by atoms with Crippen LogP contribution in [-0.4, -0.2) is 21.6 Å². The molecule has 1 aromatic carbocycles. The Morgan fingerprint density at radius 3 is 2.39 bits per heavy atom. The van der Waals surface area contributed by atoms with E-state index in [2.05, 4.69) is 4.72 Å². The van der Waals surface area contributed by atoms with Crippen molar-refractivity contribution in [1.29, 1.82) is 0 Å². The SMILES string of the molecule is COc1ccc(S(=O)(=O)NC2CCC2)c(C)c1C. The van der Waals surface area contributed by atoms with Gasteiger partial charge >= 0.3 is 0 Å². The minimum Gasteiger partial charge on any atom is -0.496 e. The molecule has 0 aromatic heterocycles. The van der Waals surface area contributed by atoms with E-state index in [9.17, 15) is 8.42 Å². The molecular weight excluding hydrogens is 250 g/mol. The summed E-state index contributed by atoms with van der Waals surface area (Å²) in [7, 11) is -1.82. The summed E-state index contributed by atoms with van der Waals surface area (Å²) in [4.78, 5) is 0.354. The highest BCUT2D eigenvalue weighted by molar-refractivity contribution is 7.89. The average Bonchev–Trinajstić information content (AvgIpc) is 2.27. The maximum atomic E-state index is 12.3. The molecule has 0 atom stereocenters. The number of sulfonamides is 1. The summed E-state index contributed by atoms with van der Waals surface area (Å²) in [5.41, 5.74) is 1.62. The predicted molar refractivity (Wildman–Crippen MR) is 70.4 cm³/mol. The summed E-state index contributed by atoms with van der Waals surface area (Å²) in [6.07, 6.45) is 2.98. The van der Waals surface area contributed by atoms with Crippen molar-refractivity contribution >= 4 is 10.0 Å². The van der Waals surface area contributed by atoms with Gasteiger partial charge in [0.25, 0.3) is 0 Å². The lowest BCUT2D eigenvalue weighted by molar-refractivity contribution is 0.383. The van der Waals surface area contributed by atoms with E-state index >= 15 is 0 Å². The van der Waals surface area contributed by atoms with Crippen molar-refractivity contribution in [3.8, 4) is 5.75 Å². The number of hydrogen-bond acceptors (Lipinski definition) is 3. The fourth-order valence-electron chi connectivity index (χ4n) is 2.09. The molecule has 1 aliphatic carbocycles. The molecular formula is C13H19NO3S. The second kappa shape index (κ2) is 4.90. The molecule has 1 fully saturated rings. The highest BCUT2D eigenvalue weighted by Crippen LogP contribution is 2.28. The number of hydrogen-bond donors (Lipinski definition) is 1.